The van der Waals surface area contributed by atoms with Gasteiger partial charge in [0.1, 0.15) is 17.7 Å². The van der Waals surface area contributed by atoms with E-state index in [-0.39, 0.29) is 22.0 Å². The predicted molar refractivity (Wildman–Crippen MR) is 110 cm³/mol. The van der Waals surface area contributed by atoms with Crippen LogP contribution in [0.25, 0.3) is 16.5 Å². The Labute approximate surface area is 175 Å². The van der Waals surface area contributed by atoms with E-state index in [1.54, 1.807) is 60.7 Å². The Morgan fingerprint density at radius 1 is 1.00 bits per heavy atom. The van der Waals surface area contributed by atoms with Gasteiger partial charge in [-0.2, -0.15) is 15.0 Å². The minimum atomic E-state index is -1.38. The molecule has 0 fully saturated rings. The Hall–Kier alpha value is -4.38. The molecule has 0 aliphatic heterocycles. The zero-order valence-corrected chi connectivity index (χ0v) is 15.9. The van der Waals surface area contributed by atoms with E-state index in [2.05, 4.69) is 10.4 Å². The van der Waals surface area contributed by atoms with Gasteiger partial charge in [0.15, 0.2) is 5.69 Å². The number of nitrogens with zero attached hydrogens (tertiary/aromatic N) is 3. The number of aromatic nitrogens is 2. The van der Waals surface area contributed by atoms with Crippen LogP contribution in [-0.2, 0) is 0 Å². The van der Waals surface area contributed by atoms with Crippen LogP contribution in [0, 0.1) is 23.0 Å². The maximum Gasteiger partial charge on any atom is 0.279 e. The summed E-state index contributed by atoms with van der Waals surface area (Å²) in [5.74, 6) is -2.54. The molecule has 1 atom stereocenters. The number of benzene rings is 3. The van der Waals surface area contributed by atoms with E-state index < -0.39 is 29.1 Å². The van der Waals surface area contributed by atoms with Crippen molar-refractivity contribution in [3.63, 3.8) is 0 Å². The molecular formula is C23H14F2N4O2. The number of nitrogens with one attached hydrogen (secondary N) is 1. The number of para-hydroxylation sites is 1. The van der Waals surface area contributed by atoms with Gasteiger partial charge in [-0.05, 0) is 24.3 Å². The van der Waals surface area contributed by atoms with E-state index in [1.807, 2.05) is 0 Å². The summed E-state index contributed by atoms with van der Waals surface area (Å²) in [5.41, 5.74) is -0.256. The molecule has 4 aromatic rings. The summed E-state index contributed by atoms with van der Waals surface area (Å²) in [6, 6.07) is 18.1. The Morgan fingerprint density at radius 2 is 1.68 bits per heavy atom. The highest BCUT2D eigenvalue weighted by atomic mass is 19.1. The summed E-state index contributed by atoms with van der Waals surface area (Å²) >= 11 is 0. The molecule has 31 heavy (non-hydrogen) atoms. The summed E-state index contributed by atoms with van der Waals surface area (Å²) in [6.07, 6.45) is 0. The molecule has 0 aliphatic rings. The molecule has 6 nitrogen and oxygen atoms in total. The summed E-state index contributed by atoms with van der Waals surface area (Å²) in [6.45, 7) is 0. The maximum absolute atomic E-state index is 14.1. The smallest absolute Gasteiger partial charge is 0.279 e. The molecule has 8 heteroatoms. The maximum atomic E-state index is 14.1. The van der Waals surface area contributed by atoms with E-state index in [4.69, 9.17) is 0 Å². The van der Waals surface area contributed by atoms with Gasteiger partial charge in [0.2, 0.25) is 0 Å². The lowest BCUT2D eigenvalue weighted by Gasteiger charge is -2.15. The second-order valence-corrected chi connectivity index (χ2v) is 6.65. The lowest BCUT2D eigenvalue weighted by atomic mass is 10.1. The number of hydrogen-bond acceptors (Lipinski definition) is 4. The number of carbonyl (C=O) groups is 1. The number of fused-ring (bicyclic) bond motifs is 1. The van der Waals surface area contributed by atoms with E-state index in [9.17, 15) is 23.6 Å². The van der Waals surface area contributed by atoms with Crippen molar-refractivity contribution in [3.8, 4) is 11.8 Å². The van der Waals surface area contributed by atoms with Crippen molar-refractivity contribution < 1.29 is 13.6 Å². The van der Waals surface area contributed by atoms with Gasteiger partial charge in [0.05, 0.1) is 17.1 Å². The van der Waals surface area contributed by atoms with Crippen molar-refractivity contribution in [2.45, 2.75) is 6.04 Å². The summed E-state index contributed by atoms with van der Waals surface area (Å²) < 4.78 is 28.4. The van der Waals surface area contributed by atoms with Crippen LogP contribution in [0.1, 0.15) is 22.1 Å². The van der Waals surface area contributed by atoms with Gasteiger partial charge < -0.3 is 5.32 Å². The average Bonchev–Trinajstić information content (AvgIpc) is 2.79. The highest BCUT2D eigenvalue weighted by molar-refractivity contribution is 6.05. The first-order valence-corrected chi connectivity index (χ1v) is 9.22. The van der Waals surface area contributed by atoms with Gasteiger partial charge in [0, 0.05) is 17.0 Å². The Kier molecular flexibility index (Phi) is 5.24. The molecule has 0 saturated heterocycles. The van der Waals surface area contributed by atoms with Crippen molar-refractivity contribution in [3.05, 3.63) is 106 Å². The third-order valence-electron chi connectivity index (χ3n) is 4.70. The Morgan fingerprint density at radius 3 is 2.35 bits per heavy atom. The highest BCUT2D eigenvalue weighted by Gasteiger charge is 2.23. The fourth-order valence-corrected chi connectivity index (χ4v) is 3.22. The molecule has 1 aromatic heterocycles. The quantitative estimate of drug-likeness (QED) is 0.550. The van der Waals surface area contributed by atoms with Gasteiger partial charge in [0.25, 0.3) is 11.5 Å². The van der Waals surface area contributed by atoms with Crippen LogP contribution in [0.15, 0.2) is 77.6 Å². The van der Waals surface area contributed by atoms with Crippen LogP contribution in [-0.4, -0.2) is 15.7 Å². The van der Waals surface area contributed by atoms with E-state index in [0.29, 0.717) is 11.8 Å². The van der Waals surface area contributed by atoms with Gasteiger partial charge in [-0.3, -0.25) is 9.59 Å². The van der Waals surface area contributed by atoms with Crippen LogP contribution in [0.3, 0.4) is 0 Å². The molecule has 3 aromatic carbocycles. The average molecular weight is 416 g/mol. The van der Waals surface area contributed by atoms with Crippen LogP contribution in [0.4, 0.5) is 8.78 Å². The van der Waals surface area contributed by atoms with Gasteiger partial charge in [-0.1, -0.05) is 42.5 Å². The first kappa shape index (κ1) is 19.9. The predicted octanol–water partition coefficient (Wildman–Crippen LogP) is 3.66. The van der Waals surface area contributed by atoms with E-state index in [1.165, 1.54) is 0 Å². The molecule has 1 amide bonds. The molecular weight excluding hydrogens is 402 g/mol. The Bertz CT molecular complexity index is 1390. The van der Waals surface area contributed by atoms with Crippen LogP contribution < -0.4 is 10.9 Å². The minimum absolute atomic E-state index is 0.109. The number of amides is 1. The lowest BCUT2D eigenvalue weighted by molar-refractivity contribution is 0.0940. The zero-order chi connectivity index (χ0) is 22.0. The summed E-state index contributed by atoms with van der Waals surface area (Å²) in [7, 11) is 0. The number of nitriles is 1. The first-order chi connectivity index (χ1) is 15.0. The van der Waals surface area contributed by atoms with Crippen molar-refractivity contribution >= 4 is 16.7 Å². The molecule has 0 bridgehead atoms. The van der Waals surface area contributed by atoms with Crippen LogP contribution in [0.5, 0.6) is 0 Å². The molecule has 0 saturated carbocycles. The topological polar surface area (TPSA) is 87.8 Å². The molecule has 0 radical (unpaired) electrons. The number of hydrogen-bond donors (Lipinski definition) is 1. The SMILES string of the molecule is N#CC(NC(=O)c1nn(-c2ccccc2)c(=O)c2ccccc12)c1ccc(F)cc1F. The number of carbonyl (C=O) groups excluding carboxylic acids is 1. The number of rotatable bonds is 4. The molecule has 1 unspecified atom stereocenters. The second kappa shape index (κ2) is 8.16. The monoisotopic (exact) mass is 416 g/mol. The molecule has 4 rings (SSSR count). The molecule has 1 N–H and O–H groups in total. The first-order valence-electron chi connectivity index (χ1n) is 9.22. The molecule has 0 aliphatic carbocycles. The third kappa shape index (κ3) is 3.76. The van der Waals surface area contributed by atoms with E-state index in [0.717, 1.165) is 16.8 Å². The van der Waals surface area contributed by atoms with Crippen molar-refractivity contribution in [1.29, 1.82) is 5.26 Å². The standard InChI is InChI=1S/C23H14F2N4O2/c24-14-10-11-18(19(25)12-14)20(13-26)27-22(30)21-16-8-4-5-9-17(16)23(31)29(28-21)15-6-2-1-3-7-15/h1-12,20H,(H,27,30). The molecule has 0 spiro atoms. The van der Waals surface area contributed by atoms with Gasteiger partial charge in [-0.25, -0.2) is 8.78 Å². The van der Waals surface area contributed by atoms with Gasteiger partial charge >= 0.3 is 0 Å². The van der Waals surface area contributed by atoms with Gasteiger partial charge in [-0.15, -0.1) is 0 Å². The fourth-order valence-electron chi connectivity index (χ4n) is 3.22. The molecule has 152 valence electrons. The minimum Gasteiger partial charge on any atom is -0.331 e. The Balaban J connectivity index is 1.81. The van der Waals surface area contributed by atoms with Crippen molar-refractivity contribution in [1.82, 2.24) is 15.1 Å². The zero-order valence-electron chi connectivity index (χ0n) is 15.9. The van der Waals surface area contributed by atoms with Crippen LogP contribution >= 0.6 is 0 Å². The van der Waals surface area contributed by atoms with Crippen molar-refractivity contribution in [2.75, 3.05) is 0 Å². The van der Waals surface area contributed by atoms with E-state index >= 15 is 0 Å². The van der Waals surface area contributed by atoms with Crippen molar-refractivity contribution in [2.24, 2.45) is 0 Å². The lowest BCUT2D eigenvalue weighted by Crippen LogP contribution is -2.32. The number of halogens is 2. The largest absolute Gasteiger partial charge is 0.331 e. The normalized spacial score (nSPS) is 11.6. The highest BCUT2D eigenvalue weighted by Crippen LogP contribution is 2.20. The fraction of sp³-hybridized carbons (Fsp3) is 0.0435. The third-order valence-corrected chi connectivity index (χ3v) is 4.70. The summed E-state index contributed by atoms with van der Waals surface area (Å²) in [4.78, 5) is 25.9. The molecule has 1 heterocycles. The van der Waals surface area contributed by atoms with Crippen LogP contribution in [0.2, 0.25) is 0 Å². The summed E-state index contributed by atoms with van der Waals surface area (Å²) in [5, 5.41) is 16.6. The second-order valence-electron chi connectivity index (χ2n) is 6.65.